The number of hydrogen-bond acceptors (Lipinski definition) is 6. The Morgan fingerprint density at radius 3 is 0.877 bits per heavy atom. The molecule has 6 nitrogen and oxygen atoms in total. The van der Waals surface area contributed by atoms with E-state index in [4.69, 9.17) is 0 Å². The summed E-state index contributed by atoms with van der Waals surface area (Å²) in [7, 11) is -8.87. The van der Waals surface area contributed by atoms with Crippen LogP contribution < -0.4 is 0 Å². The van der Waals surface area contributed by atoms with E-state index in [9.17, 15) is 25.9 Å². The van der Waals surface area contributed by atoms with Crippen LogP contribution in [-0.2, 0) is 65.4 Å². The van der Waals surface area contributed by atoms with E-state index >= 15 is 0 Å². The summed E-state index contributed by atoms with van der Waals surface area (Å²) in [6.07, 6.45) is 39.7. The molecule has 0 bridgehead atoms. The maximum Gasteiger partial charge on any atom is 2.00 e. The summed E-state index contributed by atoms with van der Waals surface area (Å²) < 4.78 is 69.3. The van der Waals surface area contributed by atoms with Gasteiger partial charge in [-0.25, -0.2) is 16.8 Å². The normalized spacial score (nSPS) is 11.8. The molecule has 0 saturated carbocycles. The largest absolute Gasteiger partial charge is 2.00 e. The summed E-state index contributed by atoms with van der Waals surface area (Å²) >= 11 is 0. The zero-order valence-electron chi connectivity index (χ0n) is 41.4. The molecule has 0 spiro atoms. The quantitative estimate of drug-likeness (QED) is 0.0262. The van der Waals surface area contributed by atoms with Gasteiger partial charge in [0.1, 0.15) is 20.2 Å². The number of hydrogen-bond donors (Lipinski definition) is 0. The van der Waals surface area contributed by atoms with Gasteiger partial charge < -0.3 is 9.11 Å². The minimum Gasteiger partial charge on any atom is -0.744 e. The van der Waals surface area contributed by atoms with Crippen LogP contribution in [-0.4, -0.2) is 25.9 Å². The molecule has 0 saturated heterocycles. The molecule has 0 aliphatic carbocycles. The fourth-order valence-electron chi connectivity index (χ4n) is 9.10. The smallest absolute Gasteiger partial charge is 0.744 e. The first kappa shape index (κ1) is 59.0. The predicted octanol–water partition coefficient (Wildman–Crippen LogP) is 16.7. The van der Waals surface area contributed by atoms with E-state index in [0.717, 1.165) is 60.1 Å². The zero-order valence-corrected chi connectivity index (χ0v) is 46.0. The van der Waals surface area contributed by atoms with Gasteiger partial charge in [0.25, 0.3) is 0 Å². The fourth-order valence-corrected chi connectivity index (χ4v) is 10.1. The molecule has 0 N–H and O–H groups in total. The Balaban J connectivity index is 0.000000440. The Morgan fingerprint density at radius 2 is 0.600 bits per heavy atom. The molecule has 0 unspecified atom stereocenters. The molecule has 65 heavy (non-hydrogen) atoms. The van der Waals surface area contributed by atoms with Gasteiger partial charge in [-0.05, 0) is 119 Å². The van der Waals surface area contributed by atoms with Crippen LogP contribution in [0.1, 0.15) is 230 Å². The van der Waals surface area contributed by atoms with Crippen LogP contribution in [0.2, 0.25) is 0 Å². The topological polar surface area (TPSA) is 114 Å². The van der Waals surface area contributed by atoms with E-state index in [1.807, 2.05) is 12.1 Å². The first-order valence-corrected chi connectivity index (χ1v) is 28.8. The minimum absolute atomic E-state index is 0. The van der Waals surface area contributed by atoms with Gasteiger partial charge in [-0.3, -0.25) is 0 Å². The van der Waals surface area contributed by atoms with Crippen molar-refractivity contribution in [2.45, 2.75) is 243 Å². The van der Waals surface area contributed by atoms with Crippen LogP contribution in [0, 0.1) is 0 Å². The molecule has 4 aromatic carbocycles. The Labute approximate surface area is 410 Å². The second-order valence-electron chi connectivity index (χ2n) is 18.7. The molecule has 0 heterocycles. The summed E-state index contributed by atoms with van der Waals surface area (Å²) in [4.78, 5) is -0.240. The first-order valence-electron chi connectivity index (χ1n) is 25.9. The van der Waals surface area contributed by atoms with Crippen molar-refractivity contribution in [1.29, 1.82) is 0 Å². The Kier molecular flexibility index (Phi) is 31.0. The van der Waals surface area contributed by atoms with Crippen molar-refractivity contribution < 1.29 is 45.4 Å². The van der Waals surface area contributed by atoms with E-state index in [2.05, 4.69) is 52.0 Å². The summed E-state index contributed by atoms with van der Waals surface area (Å²) in [5.41, 5.74) is 5.06. The van der Waals surface area contributed by atoms with E-state index in [-0.39, 0.29) is 29.3 Å². The Hall–Kier alpha value is -2.16. The number of fused-ring (bicyclic) bond motifs is 2. The number of unbranched alkanes of at least 4 members (excludes halogenated alkanes) is 24. The van der Waals surface area contributed by atoms with E-state index < -0.39 is 20.2 Å². The van der Waals surface area contributed by atoms with E-state index in [0.29, 0.717) is 0 Å². The minimum atomic E-state index is -4.44. The summed E-state index contributed by atoms with van der Waals surface area (Å²) in [5, 5.41) is 3.96. The molecular weight excluding hydrogens is 898 g/mol. The monoisotopic (exact) mass is 983 g/mol. The van der Waals surface area contributed by atoms with Crippen LogP contribution in [0.15, 0.2) is 70.5 Å². The van der Waals surface area contributed by atoms with Crippen LogP contribution in [0.25, 0.3) is 21.5 Å². The first-order chi connectivity index (χ1) is 30.9. The standard InChI is InChI=1S/2C28H44O3S.Zn/c2*1-3-5-7-9-11-13-15-17-24-21-25(18-16-14-12-10-8-6-4-2)28-23-27(32(29,30)31)20-19-26(28)22-24;/h2*19-23H,3-18H2,1-2H3,(H,29,30,31);/q;;+2/p-2. The van der Waals surface area contributed by atoms with Crippen molar-refractivity contribution in [3.05, 3.63) is 82.9 Å². The molecule has 0 fully saturated rings. The molecule has 0 aliphatic heterocycles. The van der Waals surface area contributed by atoms with Crippen molar-refractivity contribution in [3.63, 3.8) is 0 Å². The molecule has 360 valence electrons. The summed E-state index contributed by atoms with van der Waals surface area (Å²) in [6.45, 7) is 8.97. The van der Waals surface area contributed by atoms with Crippen LogP contribution >= 0.6 is 0 Å². The second-order valence-corrected chi connectivity index (χ2v) is 21.4. The van der Waals surface area contributed by atoms with E-state index in [1.54, 1.807) is 12.1 Å². The Bertz CT molecular complexity index is 1960. The fraction of sp³-hybridized carbons (Fsp3) is 0.643. The molecule has 4 aromatic rings. The predicted molar refractivity (Wildman–Crippen MR) is 271 cm³/mol. The van der Waals surface area contributed by atoms with Gasteiger partial charge in [0.2, 0.25) is 0 Å². The van der Waals surface area contributed by atoms with Crippen molar-refractivity contribution in [2.75, 3.05) is 0 Å². The SMILES string of the molecule is CCCCCCCCCc1cc(CCCCCCCCC)c2cc(S(=O)(=O)[O-])ccc2c1.CCCCCCCCCc1cc(CCCCCCCCC)c2cc(S(=O)(=O)[O-])ccc2c1.[Zn+2]. The van der Waals surface area contributed by atoms with Crippen LogP contribution in [0.5, 0.6) is 0 Å². The van der Waals surface area contributed by atoms with Gasteiger partial charge in [0.15, 0.2) is 0 Å². The zero-order chi connectivity index (χ0) is 46.5. The molecule has 9 heteroatoms. The third-order valence-corrected chi connectivity index (χ3v) is 14.6. The van der Waals surface area contributed by atoms with Crippen molar-refractivity contribution in [2.24, 2.45) is 0 Å². The molecule has 0 aliphatic rings. The summed E-state index contributed by atoms with van der Waals surface area (Å²) in [6, 6.07) is 18.6. The number of aryl methyl sites for hydroxylation is 4. The van der Waals surface area contributed by atoms with E-state index in [1.165, 1.54) is 201 Å². The van der Waals surface area contributed by atoms with Crippen molar-refractivity contribution in [1.82, 2.24) is 0 Å². The third kappa shape index (κ3) is 24.1. The summed E-state index contributed by atoms with van der Waals surface area (Å²) in [5.74, 6) is 0. The van der Waals surface area contributed by atoms with Crippen LogP contribution in [0.4, 0.5) is 0 Å². The third-order valence-electron chi connectivity index (χ3n) is 13.0. The molecule has 0 amide bonds. The number of rotatable bonds is 34. The Morgan fingerprint density at radius 1 is 0.338 bits per heavy atom. The van der Waals surface area contributed by atoms with Crippen molar-refractivity contribution in [3.8, 4) is 0 Å². The van der Waals surface area contributed by atoms with Gasteiger partial charge in [-0.1, -0.05) is 218 Å². The van der Waals surface area contributed by atoms with Gasteiger partial charge in [-0.15, -0.1) is 0 Å². The molecular formula is C56H86O6S2Zn. The van der Waals surface area contributed by atoms with Gasteiger partial charge in [0, 0.05) is 0 Å². The van der Waals surface area contributed by atoms with Gasteiger partial charge >= 0.3 is 19.5 Å². The van der Waals surface area contributed by atoms with Crippen molar-refractivity contribution >= 4 is 41.8 Å². The maximum absolute atomic E-state index is 11.6. The molecule has 0 atom stereocenters. The maximum atomic E-state index is 11.6. The van der Waals surface area contributed by atoms with Crippen LogP contribution in [0.3, 0.4) is 0 Å². The average molecular weight is 985 g/mol. The second kappa shape index (κ2) is 34.2. The molecule has 4 rings (SSSR count). The van der Waals surface area contributed by atoms with Gasteiger partial charge in [-0.2, -0.15) is 0 Å². The molecule has 0 aromatic heterocycles. The average Bonchev–Trinajstić information content (AvgIpc) is 3.27. The molecule has 0 radical (unpaired) electrons. The number of benzene rings is 4. The van der Waals surface area contributed by atoms with Gasteiger partial charge in [0.05, 0.1) is 9.79 Å².